The highest BCUT2D eigenvalue weighted by Crippen LogP contribution is 2.28. The van der Waals surface area contributed by atoms with E-state index in [0.29, 0.717) is 11.4 Å². The minimum Gasteiger partial charge on any atom is -0.324 e. The molecule has 1 aromatic carbocycles. The molecule has 1 amide bonds. The van der Waals surface area contributed by atoms with Gasteiger partial charge in [0.25, 0.3) is 5.56 Å². The molecule has 0 aliphatic rings. The monoisotopic (exact) mass is 393 g/mol. The molecule has 0 fully saturated rings. The summed E-state index contributed by atoms with van der Waals surface area (Å²) in [4.78, 5) is 34.5. The molecule has 28 heavy (non-hydrogen) atoms. The Labute approximate surface area is 165 Å². The topological polar surface area (TPSA) is 81.3 Å². The van der Waals surface area contributed by atoms with Crippen molar-refractivity contribution < 1.29 is 4.79 Å². The van der Waals surface area contributed by atoms with E-state index in [1.54, 1.807) is 11.3 Å². The maximum Gasteiger partial charge on any atom is 0.254 e. The Kier molecular flexibility index (Phi) is 4.79. The lowest BCUT2D eigenvalue weighted by Gasteiger charge is -2.11. The largest absolute Gasteiger partial charge is 0.324 e. The Balaban J connectivity index is 1.56. The highest BCUT2D eigenvalue weighted by molar-refractivity contribution is 7.15. The van der Waals surface area contributed by atoms with Gasteiger partial charge in [-0.05, 0) is 12.0 Å². The fourth-order valence-electron chi connectivity index (χ4n) is 2.89. The summed E-state index contributed by atoms with van der Waals surface area (Å²) in [5, 5.41) is 4.85. The van der Waals surface area contributed by atoms with Crippen molar-refractivity contribution in [2.75, 3.05) is 5.32 Å². The molecule has 4 aromatic rings. The highest BCUT2D eigenvalue weighted by atomic mass is 32.1. The Morgan fingerprint density at radius 3 is 2.86 bits per heavy atom. The van der Waals surface area contributed by atoms with Gasteiger partial charge in [0, 0.05) is 29.4 Å². The number of aromatic nitrogens is 4. The number of thiazole rings is 1. The predicted molar refractivity (Wildman–Crippen MR) is 110 cm³/mol. The molecular formula is C20H19N5O2S. The number of hydrogen-bond donors (Lipinski definition) is 1. The zero-order valence-corrected chi connectivity index (χ0v) is 16.3. The number of nitrogens with one attached hydrogen (secondary N) is 1. The third kappa shape index (κ3) is 3.59. The number of carbonyl (C=O) groups is 1. The van der Waals surface area contributed by atoms with Crippen molar-refractivity contribution in [1.82, 2.24) is 18.9 Å². The van der Waals surface area contributed by atoms with Crippen LogP contribution < -0.4 is 10.9 Å². The van der Waals surface area contributed by atoms with Gasteiger partial charge in [0.15, 0.2) is 4.96 Å². The highest BCUT2D eigenvalue weighted by Gasteiger charge is 2.13. The number of para-hydroxylation sites is 1. The Hall–Kier alpha value is -3.26. The van der Waals surface area contributed by atoms with Crippen LogP contribution in [0, 0.1) is 0 Å². The van der Waals surface area contributed by atoms with E-state index >= 15 is 0 Å². The summed E-state index contributed by atoms with van der Waals surface area (Å²) in [7, 11) is 0. The maximum absolute atomic E-state index is 12.5. The van der Waals surface area contributed by atoms with Gasteiger partial charge >= 0.3 is 0 Å². The van der Waals surface area contributed by atoms with Crippen LogP contribution in [-0.2, 0) is 11.3 Å². The van der Waals surface area contributed by atoms with E-state index in [1.165, 1.54) is 17.0 Å². The summed E-state index contributed by atoms with van der Waals surface area (Å²) in [6, 6.07) is 8.96. The summed E-state index contributed by atoms with van der Waals surface area (Å²) < 4.78 is 3.25. The van der Waals surface area contributed by atoms with Gasteiger partial charge in [-0.25, -0.2) is 9.97 Å². The lowest BCUT2D eigenvalue weighted by atomic mass is 10.1. The fraction of sp³-hybridized carbons (Fsp3) is 0.200. The molecule has 7 nitrogen and oxygen atoms in total. The second-order valence-electron chi connectivity index (χ2n) is 6.75. The SMILES string of the molecule is CC(C)c1cc(=O)n(CC(=O)Nc2ccccc2-c2cn3ccsc3n2)cn1. The molecule has 0 bridgehead atoms. The van der Waals surface area contributed by atoms with Crippen molar-refractivity contribution in [1.29, 1.82) is 0 Å². The number of rotatable bonds is 5. The molecule has 1 N–H and O–H groups in total. The number of nitrogens with zero attached hydrogens (tertiary/aromatic N) is 4. The first kappa shape index (κ1) is 18.1. The van der Waals surface area contributed by atoms with Crippen LogP contribution >= 0.6 is 11.3 Å². The first-order valence-electron chi connectivity index (χ1n) is 8.89. The molecule has 0 unspecified atom stereocenters. The van der Waals surface area contributed by atoms with Crippen LogP contribution in [0.4, 0.5) is 5.69 Å². The quantitative estimate of drug-likeness (QED) is 0.564. The third-order valence-electron chi connectivity index (χ3n) is 4.38. The lowest BCUT2D eigenvalue weighted by Crippen LogP contribution is -2.28. The fourth-order valence-corrected chi connectivity index (χ4v) is 3.59. The molecule has 0 saturated heterocycles. The molecule has 0 radical (unpaired) electrons. The van der Waals surface area contributed by atoms with Crippen LogP contribution in [0.15, 0.2) is 59.2 Å². The van der Waals surface area contributed by atoms with Crippen molar-refractivity contribution in [3.8, 4) is 11.3 Å². The molecular weight excluding hydrogens is 374 g/mol. The van der Waals surface area contributed by atoms with Crippen molar-refractivity contribution in [3.05, 3.63) is 70.5 Å². The Bertz CT molecular complexity index is 1180. The standard InChI is InChI=1S/C20H19N5O2S/c1-13(2)16-9-19(27)25(12-21-16)11-18(26)22-15-6-4-3-5-14(15)17-10-24-7-8-28-20(24)23-17/h3-10,12-13H,11H2,1-2H3,(H,22,26). The van der Waals surface area contributed by atoms with E-state index in [4.69, 9.17) is 0 Å². The summed E-state index contributed by atoms with van der Waals surface area (Å²) in [5.74, 6) is -0.137. The third-order valence-corrected chi connectivity index (χ3v) is 5.15. The van der Waals surface area contributed by atoms with Crippen LogP contribution in [0.1, 0.15) is 25.5 Å². The normalized spacial score (nSPS) is 11.2. The van der Waals surface area contributed by atoms with E-state index in [2.05, 4.69) is 15.3 Å². The van der Waals surface area contributed by atoms with Crippen LogP contribution in [0.2, 0.25) is 0 Å². The average molecular weight is 393 g/mol. The number of carbonyl (C=O) groups excluding carboxylic acids is 1. The first-order chi connectivity index (χ1) is 13.5. The Morgan fingerprint density at radius 2 is 2.11 bits per heavy atom. The van der Waals surface area contributed by atoms with Crippen LogP contribution in [-0.4, -0.2) is 24.8 Å². The molecule has 4 rings (SSSR count). The second-order valence-corrected chi connectivity index (χ2v) is 7.62. The van der Waals surface area contributed by atoms with Gasteiger partial charge < -0.3 is 5.32 Å². The lowest BCUT2D eigenvalue weighted by molar-refractivity contribution is -0.116. The van der Waals surface area contributed by atoms with E-state index in [0.717, 1.165) is 16.2 Å². The smallest absolute Gasteiger partial charge is 0.254 e. The summed E-state index contributed by atoms with van der Waals surface area (Å²) in [5.41, 5.74) is 2.73. The van der Waals surface area contributed by atoms with Gasteiger partial charge in [-0.1, -0.05) is 32.0 Å². The number of amides is 1. The Morgan fingerprint density at radius 1 is 1.29 bits per heavy atom. The van der Waals surface area contributed by atoms with Gasteiger partial charge in [-0.2, -0.15) is 0 Å². The van der Waals surface area contributed by atoms with Crippen molar-refractivity contribution in [2.24, 2.45) is 0 Å². The van der Waals surface area contributed by atoms with Crippen LogP contribution in [0.3, 0.4) is 0 Å². The molecule has 0 aliphatic carbocycles. The predicted octanol–water partition coefficient (Wildman–Crippen LogP) is 3.38. The van der Waals surface area contributed by atoms with Gasteiger partial charge in [0.05, 0.1) is 23.4 Å². The zero-order valence-electron chi connectivity index (χ0n) is 15.5. The molecule has 8 heteroatoms. The minimum absolute atomic E-state index is 0.100. The molecule has 3 aromatic heterocycles. The van der Waals surface area contributed by atoms with Crippen molar-refractivity contribution in [3.63, 3.8) is 0 Å². The molecule has 0 aliphatic heterocycles. The number of benzene rings is 1. The average Bonchev–Trinajstić information content (AvgIpc) is 3.25. The summed E-state index contributed by atoms with van der Waals surface area (Å²) in [6.45, 7) is 3.84. The number of hydrogen-bond acceptors (Lipinski definition) is 5. The van der Waals surface area contributed by atoms with Crippen LogP contribution in [0.5, 0.6) is 0 Å². The first-order valence-corrected chi connectivity index (χ1v) is 9.77. The van der Waals surface area contributed by atoms with Gasteiger partial charge in [-0.3, -0.25) is 18.6 Å². The van der Waals surface area contributed by atoms with Gasteiger partial charge in [-0.15, -0.1) is 11.3 Å². The molecule has 0 saturated carbocycles. The number of imidazole rings is 1. The maximum atomic E-state index is 12.5. The molecule has 0 atom stereocenters. The number of anilines is 1. The summed E-state index contributed by atoms with van der Waals surface area (Å²) in [6.07, 6.45) is 5.29. The second kappa shape index (κ2) is 7.40. The number of fused-ring (bicyclic) bond motifs is 1. The van der Waals surface area contributed by atoms with Crippen LogP contribution in [0.25, 0.3) is 16.2 Å². The van der Waals surface area contributed by atoms with E-state index in [1.807, 2.05) is 60.3 Å². The summed E-state index contributed by atoms with van der Waals surface area (Å²) >= 11 is 1.55. The van der Waals surface area contributed by atoms with Gasteiger partial charge in [0.2, 0.25) is 5.91 Å². The zero-order chi connectivity index (χ0) is 19.7. The van der Waals surface area contributed by atoms with E-state index in [-0.39, 0.29) is 23.9 Å². The molecule has 0 spiro atoms. The van der Waals surface area contributed by atoms with Crippen molar-refractivity contribution >= 4 is 27.9 Å². The van der Waals surface area contributed by atoms with Gasteiger partial charge in [0.1, 0.15) is 6.54 Å². The molecule has 142 valence electrons. The van der Waals surface area contributed by atoms with E-state index < -0.39 is 0 Å². The van der Waals surface area contributed by atoms with E-state index in [9.17, 15) is 9.59 Å². The minimum atomic E-state index is -0.297. The van der Waals surface area contributed by atoms with Crippen molar-refractivity contribution in [2.45, 2.75) is 26.3 Å². The molecule has 3 heterocycles.